The quantitative estimate of drug-likeness (QED) is 0.668. The van der Waals surface area contributed by atoms with Crippen LogP contribution in [0.25, 0.3) is 0 Å². The first-order valence-corrected chi connectivity index (χ1v) is 10.1. The Morgan fingerprint density at radius 2 is 1.59 bits per heavy atom. The number of rotatable bonds is 2. The van der Waals surface area contributed by atoms with Gasteiger partial charge in [-0.1, -0.05) is 32.0 Å². The number of Topliss-reactive ketones (excluding diaryl/α,β-unsaturated/α-hetero) is 1. The largest absolute Gasteiger partial charge is 0.294 e. The summed E-state index contributed by atoms with van der Waals surface area (Å²) in [5.41, 5.74) is 5.12. The van der Waals surface area contributed by atoms with E-state index in [2.05, 4.69) is 19.9 Å². The number of ketones is 1. The second kappa shape index (κ2) is 6.94. The van der Waals surface area contributed by atoms with E-state index >= 15 is 0 Å². The van der Waals surface area contributed by atoms with E-state index in [1.54, 1.807) is 17.0 Å². The van der Waals surface area contributed by atoms with Crippen LogP contribution in [0.5, 0.6) is 0 Å². The van der Waals surface area contributed by atoms with Gasteiger partial charge in [-0.25, -0.2) is 4.39 Å². The highest BCUT2D eigenvalue weighted by atomic mass is 19.1. The Bertz CT molecular complexity index is 1010. The standard InChI is InChI=1S/C25H26FNO2/c1-15-9-16(2)11-19(10-15)27-21-13-25(3,4)14-22(28)24(21)20(12-23(27)29)17-5-7-18(26)8-6-17/h5-11,20H,12-14H2,1-4H3. The average molecular weight is 391 g/mol. The zero-order chi connectivity index (χ0) is 20.9. The molecule has 1 unspecified atom stereocenters. The summed E-state index contributed by atoms with van der Waals surface area (Å²) in [6.45, 7) is 8.16. The lowest BCUT2D eigenvalue weighted by Gasteiger charge is -2.43. The predicted octanol–water partition coefficient (Wildman–Crippen LogP) is 5.61. The van der Waals surface area contributed by atoms with E-state index in [4.69, 9.17) is 0 Å². The van der Waals surface area contributed by atoms with Crippen molar-refractivity contribution in [2.45, 2.75) is 52.9 Å². The lowest BCUT2D eigenvalue weighted by molar-refractivity contribution is -0.121. The molecule has 2 aromatic carbocycles. The van der Waals surface area contributed by atoms with E-state index in [9.17, 15) is 14.0 Å². The van der Waals surface area contributed by atoms with Gasteiger partial charge < -0.3 is 0 Å². The second-order valence-corrected chi connectivity index (χ2v) is 9.18. The number of carbonyl (C=O) groups excluding carboxylic acids is 2. The van der Waals surface area contributed by atoms with Gasteiger partial charge >= 0.3 is 0 Å². The maximum atomic E-state index is 13.4. The molecule has 0 spiro atoms. The summed E-state index contributed by atoms with van der Waals surface area (Å²) in [6.07, 6.45) is 1.33. The molecular formula is C25H26FNO2. The third-order valence-electron chi connectivity index (χ3n) is 5.88. The van der Waals surface area contributed by atoms with Gasteiger partial charge in [0.15, 0.2) is 5.78 Å². The van der Waals surface area contributed by atoms with E-state index in [0.29, 0.717) is 12.8 Å². The van der Waals surface area contributed by atoms with E-state index in [-0.39, 0.29) is 35.3 Å². The summed E-state index contributed by atoms with van der Waals surface area (Å²) in [5, 5.41) is 0. The van der Waals surface area contributed by atoms with E-state index in [1.165, 1.54) is 12.1 Å². The molecule has 29 heavy (non-hydrogen) atoms. The maximum Gasteiger partial charge on any atom is 0.232 e. The number of hydrogen-bond donors (Lipinski definition) is 0. The predicted molar refractivity (Wildman–Crippen MR) is 112 cm³/mol. The first-order valence-electron chi connectivity index (χ1n) is 10.1. The van der Waals surface area contributed by atoms with Crippen LogP contribution in [0.2, 0.25) is 0 Å². The van der Waals surface area contributed by atoms with E-state index < -0.39 is 0 Å². The molecule has 0 bridgehead atoms. The van der Waals surface area contributed by atoms with Crippen LogP contribution in [0.15, 0.2) is 53.7 Å². The van der Waals surface area contributed by atoms with E-state index in [0.717, 1.165) is 33.6 Å². The molecule has 0 radical (unpaired) electrons. The van der Waals surface area contributed by atoms with Crippen molar-refractivity contribution in [2.75, 3.05) is 4.90 Å². The smallest absolute Gasteiger partial charge is 0.232 e. The van der Waals surface area contributed by atoms with Crippen LogP contribution in [0, 0.1) is 25.1 Å². The molecule has 2 aliphatic rings. The molecule has 0 saturated carbocycles. The number of amides is 1. The van der Waals surface area contributed by atoms with Crippen molar-refractivity contribution in [1.82, 2.24) is 0 Å². The molecule has 3 nitrogen and oxygen atoms in total. The van der Waals surface area contributed by atoms with Crippen molar-refractivity contribution in [3.63, 3.8) is 0 Å². The first-order chi connectivity index (χ1) is 13.6. The fourth-order valence-electron chi connectivity index (χ4n) is 4.77. The summed E-state index contributed by atoms with van der Waals surface area (Å²) in [6, 6.07) is 12.3. The molecule has 4 heteroatoms. The van der Waals surface area contributed by atoms with Gasteiger partial charge in [-0.2, -0.15) is 0 Å². The SMILES string of the molecule is Cc1cc(C)cc(N2C(=O)CC(c3ccc(F)cc3)C3=C2CC(C)(C)CC3=O)c1. The minimum atomic E-state index is -0.321. The lowest BCUT2D eigenvalue weighted by Crippen LogP contribution is -2.43. The number of allylic oxidation sites excluding steroid dienone is 2. The van der Waals surface area contributed by atoms with Crippen LogP contribution < -0.4 is 4.90 Å². The van der Waals surface area contributed by atoms with Gasteiger partial charge in [-0.15, -0.1) is 0 Å². The van der Waals surface area contributed by atoms with Gasteiger partial charge in [0.25, 0.3) is 0 Å². The van der Waals surface area contributed by atoms with Gasteiger partial charge in [0.05, 0.1) is 0 Å². The summed E-state index contributed by atoms with van der Waals surface area (Å²) >= 11 is 0. The third kappa shape index (κ3) is 3.64. The fourth-order valence-corrected chi connectivity index (χ4v) is 4.77. The first kappa shape index (κ1) is 19.6. The maximum absolute atomic E-state index is 13.4. The molecule has 4 rings (SSSR count). The number of hydrogen-bond acceptors (Lipinski definition) is 2. The number of nitrogens with zero attached hydrogens (tertiary/aromatic N) is 1. The Hall–Kier alpha value is -2.75. The van der Waals surface area contributed by atoms with Crippen LogP contribution in [-0.4, -0.2) is 11.7 Å². The van der Waals surface area contributed by atoms with Crippen LogP contribution in [0.3, 0.4) is 0 Å². The molecule has 1 amide bonds. The van der Waals surface area contributed by atoms with Crippen molar-refractivity contribution in [2.24, 2.45) is 5.41 Å². The molecule has 150 valence electrons. The van der Waals surface area contributed by atoms with Gasteiger partial charge in [-0.05, 0) is 66.6 Å². The van der Waals surface area contributed by atoms with Gasteiger partial charge in [-0.3, -0.25) is 14.5 Å². The molecule has 1 aliphatic heterocycles. The zero-order valence-electron chi connectivity index (χ0n) is 17.4. The van der Waals surface area contributed by atoms with Gasteiger partial charge in [0.1, 0.15) is 5.82 Å². The zero-order valence-corrected chi connectivity index (χ0v) is 17.4. The summed E-state index contributed by atoms with van der Waals surface area (Å²) in [5.74, 6) is -0.567. The Morgan fingerprint density at radius 1 is 0.966 bits per heavy atom. The number of aryl methyl sites for hydroxylation is 2. The molecular weight excluding hydrogens is 365 g/mol. The molecule has 0 fully saturated rings. The second-order valence-electron chi connectivity index (χ2n) is 9.18. The summed E-state index contributed by atoms with van der Waals surface area (Å²) in [7, 11) is 0. The molecule has 0 N–H and O–H groups in total. The van der Waals surface area contributed by atoms with Gasteiger partial charge in [0.2, 0.25) is 5.91 Å². The highest BCUT2D eigenvalue weighted by molar-refractivity contribution is 6.07. The highest BCUT2D eigenvalue weighted by Gasteiger charge is 2.44. The van der Waals surface area contributed by atoms with Gasteiger partial charge in [0, 0.05) is 35.7 Å². The normalized spacial score (nSPS) is 21.4. The van der Waals surface area contributed by atoms with Crippen molar-refractivity contribution in [3.05, 3.63) is 76.2 Å². The summed E-state index contributed by atoms with van der Waals surface area (Å²) < 4.78 is 13.4. The fraction of sp³-hybridized carbons (Fsp3) is 0.360. The molecule has 1 atom stereocenters. The van der Waals surface area contributed by atoms with Crippen LogP contribution in [-0.2, 0) is 9.59 Å². The highest BCUT2D eigenvalue weighted by Crippen LogP contribution is 2.48. The van der Waals surface area contributed by atoms with Crippen molar-refractivity contribution < 1.29 is 14.0 Å². The number of carbonyl (C=O) groups is 2. The van der Waals surface area contributed by atoms with Crippen molar-refractivity contribution in [3.8, 4) is 0 Å². The van der Waals surface area contributed by atoms with Crippen LogP contribution in [0.1, 0.15) is 55.7 Å². The van der Waals surface area contributed by atoms with Crippen LogP contribution >= 0.6 is 0 Å². The van der Waals surface area contributed by atoms with Crippen molar-refractivity contribution in [1.29, 1.82) is 0 Å². The summed E-state index contributed by atoms with van der Waals surface area (Å²) in [4.78, 5) is 28.3. The lowest BCUT2D eigenvalue weighted by atomic mass is 9.69. The minimum absolute atomic E-state index is 0.0198. The number of anilines is 1. The topological polar surface area (TPSA) is 37.4 Å². The Morgan fingerprint density at radius 3 is 2.21 bits per heavy atom. The molecule has 1 aliphatic carbocycles. The average Bonchev–Trinajstić information content (AvgIpc) is 2.59. The Labute approximate surface area is 171 Å². The molecule has 2 aromatic rings. The van der Waals surface area contributed by atoms with Crippen LogP contribution in [0.4, 0.5) is 10.1 Å². The Balaban J connectivity index is 1.91. The van der Waals surface area contributed by atoms with E-state index in [1.807, 2.05) is 26.0 Å². The molecule has 1 heterocycles. The Kier molecular flexibility index (Phi) is 4.68. The number of halogens is 1. The monoisotopic (exact) mass is 391 g/mol. The molecule has 0 saturated heterocycles. The van der Waals surface area contributed by atoms with Crippen molar-refractivity contribution >= 4 is 17.4 Å². The molecule has 0 aromatic heterocycles. The third-order valence-corrected chi connectivity index (χ3v) is 5.88. The number of benzene rings is 2. The minimum Gasteiger partial charge on any atom is -0.294 e.